The van der Waals surface area contributed by atoms with E-state index in [-0.39, 0.29) is 35.7 Å². The molecule has 3 heterocycles. The number of hydrogen-bond acceptors (Lipinski definition) is 7. The summed E-state index contributed by atoms with van der Waals surface area (Å²) >= 11 is 12.5. The van der Waals surface area contributed by atoms with Gasteiger partial charge in [0.15, 0.2) is 0 Å². The van der Waals surface area contributed by atoms with Crippen LogP contribution in [0.2, 0.25) is 5.02 Å². The summed E-state index contributed by atoms with van der Waals surface area (Å²) in [6, 6.07) is 8.66. The molecule has 0 spiro atoms. The van der Waals surface area contributed by atoms with E-state index >= 15 is 0 Å². The van der Waals surface area contributed by atoms with Gasteiger partial charge in [-0.15, -0.1) is 0 Å². The first-order valence-electron chi connectivity index (χ1n) is 10.6. The molecule has 3 aromatic rings. The van der Waals surface area contributed by atoms with Gasteiger partial charge in [0.1, 0.15) is 21.3 Å². The third-order valence-corrected chi connectivity index (χ3v) is 7.12. The standard InChI is InChI=1S/C24H20ClN3O5S2/c1-13-5-3-9-27-20(13)26-21(33-15-7-8-17(25)14(2)11-15)16(22(27)31)12-18-23(32)28(24(34)35-18)10-4-6-19(29)30/h3,5,7-9,11-12H,4,6,10H2,1-2H3,(H,29,30)/b18-12+. The lowest BCUT2D eigenvalue weighted by Crippen LogP contribution is -2.29. The fourth-order valence-corrected chi connectivity index (χ4v) is 4.91. The second-order valence-electron chi connectivity index (χ2n) is 7.86. The topological polar surface area (TPSA) is 101 Å². The van der Waals surface area contributed by atoms with Crippen molar-refractivity contribution in [1.82, 2.24) is 14.3 Å². The van der Waals surface area contributed by atoms with Crippen LogP contribution in [0.4, 0.5) is 0 Å². The van der Waals surface area contributed by atoms with Crippen LogP contribution in [0.1, 0.15) is 29.5 Å². The van der Waals surface area contributed by atoms with Gasteiger partial charge < -0.3 is 9.84 Å². The summed E-state index contributed by atoms with van der Waals surface area (Å²) in [6.07, 6.45) is 3.21. The van der Waals surface area contributed by atoms with Gasteiger partial charge in [-0.2, -0.15) is 4.98 Å². The van der Waals surface area contributed by atoms with E-state index < -0.39 is 17.4 Å². The second kappa shape index (κ2) is 10.2. The molecule has 4 rings (SSSR count). The number of halogens is 1. The summed E-state index contributed by atoms with van der Waals surface area (Å²) in [5, 5.41) is 9.44. The Balaban J connectivity index is 1.78. The fraction of sp³-hybridized carbons (Fsp3) is 0.208. The number of carboxylic acids is 1. The van der Waals surface area contributed by atoms with Crippen molar-refractivity contribution < 1.29 is 19.4 Å². The first kappa shape index (κ1) is 24.9. The summed E-state index contributed by atoms with van der Waals surface area (Å²) in [6.45, 7) is 3.84. The molecule has 1 aliphatic rings. The zero-order chi connectivity index (χ0) is 25.3. The van der Waals surface area contributed by atoms with E-state index in [4.69, 9.17) is 33.7 Å². The number of ether oxygens (including phenoxy) is 1. The minimum atomic E-state index is -0.948. The number of hydrogen-bond donors (Lipinski definition) is 1. The SMILES string of the molecule is Cc1cc(Oc2nc3c(C)cccn3c(=O)c2/C=C2/SC(=S)N(CCCC(=O)O)C2=O)ccc1Cl. The maximum atomic E-state index is 13.5. The molecular formula is C24H20ClN3O5S2. The number of fused-ring (bicyclic) bond motifs is 1. The van der Waals surface area contributed by atoms with Crippen LogP contribution in [0.15, 0.2) is 46.2 Å². The van der Waals surface area contributed by atoms with E-state index in [1.165, 1.54) is 15.4 Å². The highest BCUT2D eigenvalue weighted by Crippen LogP contribution is 2.34. The number of aliphatic carboxylic acids is 1. The van der Waals surface area contributed by atoms with Gasteiger partial charge in [-0.25, -0.2) is 0 Å². The van der Waals surface area contributed by atoms with Crippen LogP contribution in [-0.2, 0) is 9.59 Å². The molecule has 1 fully saturated rings. The Morgan fingerprint density at radius 3 is 2.74 bits per heavy atom. The highest BCUT2D eigenvalue weighted by Gasteiger charge is 2.32. The zero-order valence-corrected chi connectivity index (χ0v) is 21.2. The van der Waals surface area contributed by atoms with Crippen molar-refractivity contribution >= 4 is 63.5 Å². The molecular weight excluding hydrogens is 510 g/mol. The van der Waals surface area contributed by atoms with Crippen LogP contribution in [-0.4, -0.2) is 42.1 Å². The normalized spacial score (nSPS) is 14.8. The molecule has 1 saturated heterocycles. The van der Waals surface area contributed by atoms with Crippen LogP contribution < -0.4 is 10.3 Å². The lowest BCUT2D eigenvalue weighted by molar-refractivity contribution is -0.137. The lowest BCUT2D eigenvalue weighted by atomic mass is 10.2. The molecule has 8 nitrogen and oxygen atoms in total. The van der Waals surface area contributed by atoms with Gasteiger partial charge in [0.05, 0.1) is 4.91 Å². The van der Waals surface area contributed by atoms with E-state index in [2.05, 4.69) is 4.98 Å². The number of benzene rings is 1. The lowest BCUT2D eigenvalue weighted by Gasteiger charge is -2.13. The van der Waals surface area contributed by atoms with Crippen molar-refractivity contribution in [3.63, 3.8) is 0 Å². The van der Waals surface area contributed by atoms with Gasteiger partial charge in [0.25, 0.3) is 11.5 Å². The molecule has 0 unspecified atom stereocenters. The highest BCUT2D eigenvalue weighted by atomic mass is 35.5. The largest absolute Gasteiger partial charge is 0.481 e. The second-order valence-corrected chi connectivity index (χ2v) is 9.95. The first-order chi connectivity index (χ1) is 16.7. The van der Waals surface area contributed by atoms with E-state index in [0.717, 1.165) is 22.9 Å². The number of carbonyl (C=O) groups is 2. The molecule has 1 N–H and O–H groups in total. The summed E-state index contributed by atoms with van der Waals surface area (Å²) in [4.78, 5) is 43.4. The van der Waals surface area contributed by atoms with Gasteiger partial charge in [-0.3, -0.25) is 23.7 Å². The predicted molar refractivity (Wildman–Crippen MR) is 139 cm³/mol. The molecule has 1 aromatic carbocycles. The summed E-state index contributed by atoms with van der Waals surface area (Å²) in [5.74, 6) is -0.863. The number of aryl methyl sites for hydroxylation is 2. The molecule has 0 radical (unpaired) electrons. The summed E-state index contributed by atoms with van der Waals surface area (Å²) in [7, 11) is 0. The first-order valence-corrected chi connectivity index (χ1v) is 12.2. The maximum absolute atomic E-state index is 13.5. The number of carboxylic acid groups (broad SMARTS) is 1. The van der Waals surface area contributed by atoms with Crippen molar-refractivity contribution in [2.75, 3.05) is 6.54 Å². The Hall–Kier alpha value is -3.21. The summed E-state index contributed by atoms with van der Waals surface area (Å²) in [5.41, 5.74) is 1.68. The molecule has 1 aliphatic heterocycles. The number of rotatable bonds is 7. The van der Waals surface area contributed by atoms with Crippen LogP contribution in [0, 0.1) is 13.8 Å². The van der Waals surface area contributed by atoms with Crippen molar-refractivity contribution in [2.24, 2.45) is 0 Å². The van der Waals surface area contributed by atoms with Crippen LogP contribution in [0.3, 0.4) is 0 Å². The van der Waals surface area contributed by atoms with Gasteiger partial charge in [-0.05, 0) is 61.7 Å². The average molecular weight is 530 g/mol. The molecule has 2 aromatic heterocycles. The molecule has 0 atom stereocenters. The van der Waals surface area contributed by atoms with Gasteiger partial charge in [0, 0.05) is 24.2 Å². The Morgan fingerprint density at radius 1 is 1.26 bits per heavy atom. The van der Waals surface area contributed by atoms with Crippen molar-refractivity contribution in [1.29, 1.82) is 0 Å². The van der Waals surface area contributed by atoms with E-state index in [1.807, 2.05) is 19.9 Å². The quantitative estimate of drug-likeness (QED) is 0.343. The number of carbonyl (C=O) groups excluding carboxylic acids is 1. The Labute approximate surface area is 215 Å². The van der Waals surface area contributed by atoms with Crippen molar-refractivity contribution in [3.8, 4) is 11.6 Å². The van der Waals surface area contributed by atoms with E-state index in [1.54, 1.807) is 30.5 Å². The minimum Gasteiger partial charge on any atom is -0.481 e. The van der Waals surface area contributed by atoms with E-state index in [9.17, 15) is 14.4 Å². The highest BCUT2D eigenvalue weighted by molar-refractivity contribution is 8.26. The molecule has 0 bridgehead atoms. The number of thioether (sulfide) groups is 1. The van der Waals surface area contributed by atoms with Crippen LogP contribution in [0.25, 0.3) is 11.7 Å². The number of thiocarbonyl (C=S) groups is 1. The number of pyridine rings is 1. The Bertz CT molecular complexity index is 1470. The molecule has 0 saturated carbocycles. The Morgan fingerprint density at radius 2 is 2.03 bits per heavy atom. The average Bonchev–Trinajstić information content (AvgIpc) is 3.06. The third-order valence-electron chi connectivity index (χ3n) is 5.31. The molecule has 180 valence electrons. The van der Waals surface area contributed by atoms with Gasteiger partial charge in [-0.1, -0.05) is 41.6 Å². The molecule has 11 heteroatoms. The van der Waals surface area contributed by atoms with Gasteiger partial charge in [0.2, 0.25) is 5.88 Å². The monoisotopic (exact) mass is 529 g/mol. The number of nitrogens with zero attached hydrogens (tertiary/aromatic N) is 3. The minimum absolute atomic E-state index is 0.0437. The molecule has 35 heavy (non-hydrogen) atoms. The predicted octanol–water partition coefficient (Wildman–Crippen LogP) is 4.82. The maximum Gasteiger partial charge on any atom is 0.303 e. The van der Waals surface area contributed by atoms with Crippen molar-refractivity contribution in [2.45, 2.75) is 26.7 Å². The van der Waals surface area contributed by atoms with Crippen LogP contribution >= 0.6 is 35.6 Å². The number of aromatic nitrogens is 2. The zero-order valence-electron chi connectivity index (χ0n) is 18.8. The van der Waals surface area contributed by atoms with Crippen LogP contribution in [0.5, 0.6) is 11.6 Å². The fourth-order valence-electron chi connectivity index (χ4n) is 3.50. The third kappa shape index (κ3) is 5.24. The molecule has 0 aliphatic carbocycles. The Kier molecular flexibility index (Phi) is 7.25. The van der Waals surface area contributed by atoms with E-state index in [0.29, 0.717) is 20.7 Å². The van der Waals surface area contributed by atoms with Crippen molar-refractivity contribution in [3.05, 3.63) is 73.5 Å². The summed E-state index contributed by atoms with van der Waals surface area (Å²) < 4.78 is 7.72. The van der Waals surface area contributed by atoms with Gasteiger partial charge >= 0.3 is 5.97 Å². The smallest absolute Gasteiger partial charge is 0.303 e. The number of amides is 1. The molecule has 1 amide bonds.